The topological polar surface area (TPSA) is 109 Å². The minimum Gasteiger partial charge on any atom is -0.465 e. The maximum Gasteiger partial charge on any atom is 0.409 e. The van der Waals surface area contributed by atoms with Crippen LogP contribution in [0.2, 0.25) is 0 Å². The van der Waals surface area contributed by atoms with Crippen LogP contribution in [0.25, 0.3) is 0 Å². The third-order valence-electron chi connectivity index (χ3n) is 6.24. The van der Waals surface area contributed by atoms with Gasteiger partial charge in [-0.2, -0.15) is 0 Å². The van der Waals surface area contributed by atoms with Gasteiger partial charge in [-0.25, -0.2) is 18.0 Å². The van der Waals surface area contributed by atoms with Gasteiger partial charge in [-0.1, -0.05) is 25.5 Å². The Morgan fingerprint density at radius 2 is 1.73 bits per heavy atom. The largest absolute Gasteiger partial charge is 0.465 e. The summed E-state index contributed by atoms with van der Waals surface area (Å²) >= 11 is 0. The van der Waals surface area contributed by atoms with Crippen LogP contribution in [0.4, 0.5) is 10.5 Å². The Hall–Kier alpha value is -3.18. The Morgan fingerprint density at radius 3 is 2.30 bits per heavy atom. The number of unbranched alkanes of at least 4 members (excludes halogenated alkanes) is 1. The summed E-state index contributed by atoms with van der Waals surface area (Å²) in [5.41, 5.74) is 2.41. The van der Waals surface area contributed by atoms with Gasteiger partial charge in [0.25, 0.3) is 0 Å². The van der Waals surface area contributed by atoms with Crippen LogP contribution in [0, 0.1) is 0 Å². The molecular weight excluding hydrogens is 496 g/mol. The molecule has 0 spiro atoms. The molecule has 1 aromatic heterocycles. The molecule has 0 aliphatic carbocycles. The van der Waals surface area contributed by atoms with Gasteiger partial charge in [-0.3, -0.25) is 14.2 Å². The van der Waals surface area contributed by atoms with Crippen LogP contribution in [0.5, 0.6) is 0 Å². The number of rotatable bonds is 11. The van der Waals surface area contributed by atoms with E-state index in [1.54, 1.807) is 36.1 Å². The van der Waals surface area contributed by atoms with Crippen LogP contribution in [0.15, 0.2) is 42.6 Å². The number of nitrogens with zero attached hydrogens (tertiary/aromatic N) is 4. The lowest BCUT2D eigenvalue weighted by molar-refractivity contribution is 0.0600. The first-order valence-electron chi connectivity index (χ1n) is 12.5. The summed E-state index contributed by atoms with van der Waals surface area (Å²) < 4.78 is 37.1. The number of aromatic nitrogens is 1. The van der Waals surface area contributed by atoms with E-state index in [2.05, 4.69) is 21.5 Å². The number of hydrogen-bond donors (Lipinski definition) is 0. The molecule has 1 amide bonds. The molecular formula is C26H36N4O6S. The molecule has 1 fully saturated rings. The van der Waals surface area contributed by atoms with E-state index in [-0.39, 0.29) is 18.4 Å². The fraction of sp³-hybridized carbons (Fsp3) is 0.500. The zero-order valence-electron chi connectivity index (χ0n) is 21.8. The summed E-state index contributed by atoms with van der Waals surface area (Å²) in [6.45, 7) is 7.60. The summed E-state index contributed by atoms with van der Waals surface area (Å²) in [7, 11) is -2.27. The Balaban J connectivity index is 1.62. The minimum absolute atomic E-state index is 0.0489. The quantitative estimate of drug-likeness (QED) is 0.320. The molecule has 1 aliphatic rings. The zero-order valence-corrected chi connectivity index (χ0v) is 22.6. The molecule has 2 heterocycles. The fourth-order valence-electron chi connectivity index (χ4n) is 3.92. The second-order valence-corrected chi connectivity index (χ2v) is 11.0. The zero-order chi connectivity index (χ0) is 26.8. The first kappa shape index (κ1) is 28.4. The molecule has 0 atom stereocenters. The predicted molar refractivity (Wildman–Crippen MR) is 141 cm³/mol. The Labute approximate surface area is 219 Å². The van der Waals surface area contributed by atoms with Crippen LogP contribution in [-0.4, -0.2) is 80.9 Å². The molecule has 0 N–H and O–H groups in total. The molecule has 0 unspecified atom stereocenters. The monoisotopic (exact) mass is 532 g/mol. The fourth-order valence-corrected chi connectivity index (χ4v) is 5.00. The Morgan fingerprint density at radius 1 is 1.03 bits per heavy atom. The maximum absolute atomic E-state index is 12.9. The standard InChI is InChI=1S/C26H36N4O6S/c1-4-6-17-36-26(32)29-15-13-28(14-16-29)19-21-7-11-24(12-8-21)30(37(33,34)5-2)20-23-10-9-22(18-27-23)25(31)35-3/h7-12,18H,4-6,13-17,19-20H2,1-3H3. The molecule has 2 aromatic rings. The molecule has 202 valence electrons. The van der Waals surface area contributed by atoms with Crippen LogP contribution in [0.1, 0.15) is 48.3 Å². The van der Waals surface area contributed by atoms with Gasteiger partial charge in [0.1, 0.15) is 0 Å². The summed E-state index contributed by atoms with van der Waals surface area (Å²) in [4.78, 5) is 32.0. The van der Waals surface area contributed by atoms with Crippen molar-refractivity contribution in [1.29, 1.82) is 0 Å². The van der Waals surface area contributed by atoms with E-state index in [1.807, 2.05) is 12.1 Å². The highest BCUT2D eigenvalue weighted by Gasteiger charge is 2.24. The van der Waals surface area contributed by atoms with E-state index in [9.17, 15) is 18.0 Å². The van der Waals surface area contributed by atoms with Crippen molar-refractivity contribution >= 4 is 27.8 Å². The number of hydrogen-bond acceptors (Lipinski definition) is 8. The number of methoxy groups -OCH3 is 1. The second-order valence-electron chi connectivity index (χ2n) is 8.83. The average Bonchev–Trinajstić information content (AvgIpc) is 2.92. The van der Waals surface area contributed by atoms with Gasteiger partial charge in [0.05, 0.1) is 43.0 Å². The van der Waals surface area contributed by atoms with Crippen molar-refractivity contribution in [1.82, 2.24) is 14.8 Å². The van der Waals surface area contributed by atoms with Gasteiger partial charge in [0, 0.05) is 38.9 Å². The van der Waals surface area contributed by atoms with Crippen molar-refractivity contribution in [3.63, 3.8) is 0 Å². The number of pyridine rings is 1. The molecule has 1 aromatic carbocycles. The third-order valence-corrected chi connectivity index (χ3v) is 7.98. The summed E-state index contributed by atoms with van der Waals surface area (Å²) in [6, 6.07) is 10.6. The highest BCUT2D eigenvalue weighted by Crippen LogP contribution is 2.23. The predicted octanol–water partition coefficient (Wildman–Crippen LogP) is 3.28. The second kappa shape index (κ2) is 13.4. The van der Waals surface area contributed by atoms with E-state index < -0.39 is 16.0 Å². The van der Waals surface area contributed by atoms with Crippen molar-refractivity contribution in [3.05, 3.63) is 59.4 Å². The van der Waals surface area contributed by atoms with Crippen molar-refractivity contribution < 1.29 is 27.5 Å². The first-order valence-corrected chi connectivity index (χ1v) is 14.1. The Kier molecular flexibility index (Phi) is 10.3. The summed E-state index contributed by atoms with van der Waals surface area (Å²) in [5, 5.41) is 0. The van der Waals surface area contributed by atoms with E-state index in [1.165, 1.54) is 17.6 Å². The number of ether oxygens (including phenoxy) is 2. The van der Waals surface area contributed by atoms with Crippen LogP contribution in [-0.2, 0) is 32.6 Å². The van der Waals surface area contributed by atoms with Gasteiger partial charge in [-0.05, 0) is 43.2 Å². The van der Waals surface area contributed by atoms with Crippen molar-refractivity contribution in [3.8, 4) is 0 Å². The van der Waals surface area contributed by atoms with Crippen LogP contribution < -0.4 is 4.31 Å². The maximum atomic E-state index is 12.9. The molecule has 0 bridgehead atoms. The number of piperazine rings is 1. The van der Waals surface area contributed by atoms with E-state index >= 15 is 0 Å². The number of carbonyl (C=O) groups excluding carboxylic acids is 2. The third kappa shape index (κ3) is 7.90. The highest BCUT2D eigenvalue weighted by atomic mass is 32.2. The van der Waals surface area contributed by atoms with Gasteiger partial charge >= 0.3 is 12.1 Å². The molecule has 11 heteroatoms. The lowest BCUT2D eigenvalue weighted by atomic mass is 10.1. The van der Waals surface area contributed by atoms with E-state index in [0.717, 1.165) is 31.5 Å². The molecule has 0 radical (unpaired) electrons. The molecule has 0 saturated carbocycles. The molecule has 1 aliphatic heterocycles. The lowest BCUT2D eigenvalue weighted by Crippen LogP contribution is -2.48. The van der Waals surface area contributed by atoms with Crippen molar-refractivity contribution in [2.75, 3.05) is 50.0 Å². The van der Waals surface area contributed by atoms with Crippen LogP contribution in [0.3, 0.4) is 0 Å². The minimum atomic E-state index is -3.56. The molecule has 10 nitrogen and oxygen atoms in total. The van der Waals surface area contributed by atoms with E-state index in [4.69, 9.17) is 4.74 Å². The average molecular weight is 533 g/mol. The summed E-state index contributed by atoms with van der Waals surface area (Å²) in [6.07, 6.45) is 3.00. The smallest absolute Gasteiger partial charge is 0.409 e. The number of anilines is 1. The number of amides is 1. The first-order chi connectivity index (χ1) is 17.8. The summed E-state index contributed by atoms with van der Waals surface area (Å²) in [5.74, 6) is -0.554. The number of benzene rings is 1. The van der Waals surface area contributed by atoms with Gasteiger partial charge in [-0.15, -0.1) is 0 Å². The van der Waals surface area contributed by atoms with Crippen molar-refractivity contribution in [2.24, 2.45) is 0 Å². The van der Waals surface area contributed by atoms with Crippen molar-refractivity contribution in [2.45, 2.75) is 39.8 Å². The Bertz CT molecular complexity index is 1130. The van der Waals surface area contributed by atoms with Crippen LogP contribution >= 0.6 is 0 Å². The lowest BCUT2D eigenvalue weighted by Gasteiger charge is -2.34. The van der Waals surface area contributed by atoms with Gasteiger partial charge in [0.2, 0.25) is 10.0 Å². The molecule has 37 heavy (non-hydrogen) atoms. The number of sulfonamides is 1. The molecule has 3 rings (SSSR count). The van der Waals surface area contributed by atoms with E-state index in [0.29, 0.717) is 43.2 Å². The molecule has 1 saturated heterocycles. The number of esters is 1. The number of carbonyl (C=O) groups is 2. The highest BCUT2D eigenvalue weighted by molar-refractivity contribution is 7.92. The van der Waals surface area contributed by atoms with Gasteiger partial charge < -0.3 is 14.4 Å². The SMILES string of the molecule is CCCCOC(=O)N1CCN(Cc2ccc(N(Cc3ccc(C(=O)OC)cn3)S(=O)(=O)CC)cc2)CC1. The normalized spacial score (nSPS) is 14.3. The van der Waals surface area contributed by atoms with Gasteiger partial charge in [0.15, 0.2) is 0 Å².